The van der Waals surface area contributed by atoms with Crippen LogP contribution in [-0.4, -0.2) is 12.6 Å². The van der Waals surface area contributed by atoms with Crippen LogP contribution >= 0.6 is 24.0 Å². The van der Waals surface area contributed by atoms with Crippen LogP contribution in [0, 0.1) is 0 Å². The van der Waals surface area contributed by atoms with Crippen LogP contribution in [0.1, 0.15) is 11.8 Å². The van der Waals surface area contributed by atoms with Crippen molar-refractivity contribution in [2.24, 2.45) is 0 Å². The van der Waals surface area contributed by atoms with Crippen molar-refractivity contribution < 1.29 is 9.53 Å². The number of hydrogen-bond acceptors (Lipinski definition) is 4. The zero-order chi connectivity index (χ0) is 8.97. The van der Waals surface area contributed by atoms with Crippen molar-refractivity contribution in [2.45, 2.75) is 17.6 Å². The van der Waals surface area contributed by atoms with Crippen LogP contribution in [0.2, 0.25) is 0 Å². The molecule has 4 heteroatoms. The summed E-state index contributed by atoms with van der Waals surface area (Å²) in [5.41, 5.74) is 0. The quantitative estimate of drug-likeness (QED) is 0.600. The second-order valence-corrected chi connectivity index (χ2v) is 4.17. The highest BCUT2D eigenvalue weighted by Crippen LogP contribution is 2.20. The van der Waals surface area contributed by atoms with E-state index in [1.165, 1.54) is 11.3 Å². The molecule has 1 heterocycles. The summed E-state index contributed by atoms with van der Waals surface area (Å²) in [5.74, 6) is -0.173. The van der Waals surface area contributed by atoms with E-state index >= 15 is 0 Å². The van der Waals surface area contributed by atoms with Gasteiger partial charge in [-0.05, 0) is 19.1 Å². The molecule has 0 fully saturated rings. The van der Waals surface area contributed by atoms with E-state index in [1.54, 1.807) is 6.92 Å². The number of ether oxygens (including phenoxy) is 1. The summed E-state index contributed by atoms with van der Waals surface area (Å²) in [6.07, 6.45) is 0.360. The highest BCUT2D eigenvalue weighted by molar-refractivity contribution is 7.82. The van der Waals surface area contributed by atoms with E-state index in [2.05, 4.69) is 12.6 Å². The van der Waals surface area contributed by atoms with Crippen LogP contribution in [0.15, 0.2) is 16.3 Å². The lowest BCUT2D eigenvalue weighted by atomic mass is 10.3. The van der Waals surface area contributed by atoms with E-state index in [0.29, 0.717) is 13.0 Å². The topological polar surface area (TPSA) is 26.3 Å². The van der Waals surface area contributed by atoms with Crippen molar-refractivity contribution >= 4 is 29.9 Å². The summed E-state index contributed by atoms with van der Waals surface area (Å²) in [4.78, 5) is 12.0. The van der Waals surface area contributed by atoms with Crippen molar-refractivity contribution in [2.75, 3.05) is 6.61 Å². The van der Waals surface area contributed by atoms with Crippen molar-refractivity contribution in [1.29, 1.82) is 0 Å². The zero-order valence-electron chi connectivity index (χ0n) is 6.74. The molecular weight excluding hydrogens is 192 g/mol. The number of thiophene rings is 1. The van der Waals surface area contributed by atoms with Gasteiger partial charge in [0.1, 0.15) is 0 Å². The average molecular weight is 202 g/mol. The van der Waals surface area contributed by atoms with Gasteiger partial charge >= 0.3 is 5.97 Å². The standard InChI is InChI=1S/C8H10O2S2/c1-2-10-7(9)5-6-3-4-8(11)12-6/h3-4,11H,2,5H2,1H3. The molecule has 0 aliphatic carbocycles. The molecule has 1 rings (SSSR count). The highest BCUT2D eigenvalue weighted by atomic mass is 32.2. The maximum absolute atomic E-state index is 11.0. The van der Waals surface area contributed by atoms with Gasteiger partial charge in [-0.15, -0.1) is 24.0 Å². The van der Waals surface area contributed by atoms with Crippen molar-refractivity contribution in [3.63, 3.8) is 0 Å². The lowest BCUT2D eigenvalue weighted by Gasteiger charge is -1.97. The van der Waals surface area contributed by atoms with Gasteiger partial charge in [0.2, 0.25) is 0 Å². The first-order valence-electron chi connectivity index (χ1n) is 3.65. The fourth-order valence-electron chi connectivity index (χ4n) is 0.816. The molecule has 0 saturated carbocycles. The van der Waals surface area contributed by atoms with Crippen LogP contribution in [0.4, 0.5) is 0 Å². The fourth-order valence-corrected chi connectivity index (χ4v) is 1.97. The largest absolute Gasteiger partial charge is 0.466 e. The van der Waals surface area contributed by atoms with Gasteiger partial charge in [-0.3, -0.25) is 4.79 Å². The number of carbonyl (C=O) groups excluding carboxylic acids is 1. The van der Waals surface area contributed by atoms with Crippen molar-refractivity contribution in [3.05, 3.63) is 17.0 Å². The second kappa shape index (κ2) is 4.52. The molecule has 0 aliphatic rings. The molecule has 0 unspecified atom stereocenters. The van der Waals surface area contributed by atoms with E-state index in [0.717, 1.165) is 9.09 Å². The van der Waals surface area contributed by atoms with Gasteiger partial charge < -0.3 is 4.74 Å². The lowest BCUT2D eigenvalue weighted by Crippen LogP contribution is -2.05. The molecule has 2 nitrogen and oxygen atoms in total. The predicted octanol–water partition coefficient (Wildman–Crippen LogP) is 2.14. The molecule has 0 aromatic carbocycles. The number of thiol groups is 1. The first-order chi connectivity index (χ1) is 5.72. The molecule has 12 heavy (non-hydrogen) atoms. The predicted molar refractivity (Wildman–Crippen MR) is 51.9 cm³/mol. The number of hydrogen-bond donors (Lipinski definition) is 1. The minimum atomic E-state index is -0.173. The molecule has 0 saturated heterocycles. The van der Waals surface area contributed by atoms with Crippen molar-refractivity contribution in [3.8, 4) is 0 Å². The molecule has 0 radical (unpaired) electrons. The first-order valence-corrected chi connectivity index (χ1v) is 4.92. The minimum absolute atomic E-state index is 0.173. The maximum atomic E-state index is 11.0. The molecule has 0 atom stereocenters. The van der Waals surface area contributed by atoms with Gasteiger partial charge in [0.15, 0.2) is 0 Å². The first kappa shape index (κ1) is 9.61. The molecule has 0 aliphatic heterocycles. The molecule has 0 spiro atoms. The second-order valence-electron chi connectivity index (χ2n) is 2.22. The highest BCUT2D eigenvalue weighted by Gasteiger charge is 2.05. The summed E-state index contributed by atoms with van der Waals surface area (Å²) in [6, 6.07) is 3.77. The van der Waals surface area contributed by atoms with E-state index in [-0.39, 0.29) is 5.97 Å². The van der Waals surface area contributed by atoms with Gasteiger partial charge in [-0.1, -0.05) is 0 Å². The Morgan fingerprint density at radius 3 is 2.92 bits per heavy atom. The Labute approximate surface area is 81.0 Å². The Morgan fingerprint density at radius 1 is 1.67 bits per heavy atom. The van der Waals surface area contributed by atoms with E-state index in [9.17, 15) is 4.79 Å². The molecular formula is C8H10O2S2. The van der Waals surface area contributed by atoms with Crippen LogP contribution in [0.3, 0.4) is 0 Å². The molecule has 0 N–H and O–H groups in total. The SMILES string of the molecule is CCOC(=O)Cc1ccc(S)s1. The van der Waals surface area contributed by atoms with E-state index in [1.807, 2.05) is 12.1 Å². The van der Waals surface area contributed by atoms with Gasteiger partial charge in [-0.2, -0.15) is 0 Å². The van der Waals surface area contributed by atoms with Crippen LogP contribution in [-0.2, 0) is 16.0 Å². The Kier molecular flexibility index (Phi) is 3.62. The number of carbonyl (C=O) groups is 1. The van der Waals surface area contributed by atoms with E-state index < -0.39 is 0 Å². The van der Waals surface area contributed by atoms with Gasteiger partial charge in [0.05, 0.1) is 17.2 Å². The smallest absolute Gasteiger partial charge is 0.311 e. The summed E-state index contributed by atoms with van der Waals surface area (Å²) in [6.45, 7) is 2.24. The van der Waals surface area contributed by atoms with Crippen molar-refractivity contribution in [1.82, 2.24) is 0 Å². The number of rotatable bonds is 3. The average Bonchev–Trinajstić information content (AvgIpc) is 2.36. The maximum Gasteiger partial charge on any atom is 0.311 e. The van der Waals surface area contributed by atoms with Crippen LogP contribution < -0.4 is 0 Å². The Balaban J connectivity index is 2.46. The summed E-state index contributed by atoms with van der Waals surface area (Å²) < 4.78 is 5.72. The lowest BCUT2D eigenvalue weighted by molar-refractivity contribution is -0.142. The third-order valence-electron chi connectivity index (χ3n) is 1.27. The van der Waals surface area contributed by atoms with Gasteiger partial charge in [-0.25, -0.2) is 0 Å². The van der Waals surface area contributed by atoms with E-state index in [4.69, 9.17) is 4.74 Å². The molecule has 1 aromatic rings. The molecule has 66 valence electrons. The fraction of sp³-hybridized carbons (Fsp3) is 0.375. The molecule has 0 bridgehead atoms. The third-order valence-corrected chi connectivity index (χ3v) is 2.58. The molecule has 1 aromatic heterocycles. The molecule has 0 amide bonds. The van der Waals surface area contributed by atoms with Crippen LogP contribution in [0.5, 0.6) is 0 Å². The van der Waals surface area contributed by atoms with Gasteiger partial charge in [0, 0.05) is 4.88 Å². The normalized spacial score (nSPS) is 9.83. The zero-order valence-corrected chi connectivity index (χ0v) is 8.45. The monoisotopic (exact) mass is 202 g/mol. The number of esters is 1. The summed E-state index contributed by atoms with van der Waals surface area (Å²) in [5, 5.41) is 0. The van der Waals surface area contributed by atoms with Gasteiger partial charge in [0.25, 0.3) is 0 Å². The Bertz CT molecular complexity index is 268. The summed E-state index contributed by atoms with van der Waals surface area (Å²) >= 11 is 5.65. The summed E-state index contributed by atoms with van der Waals surface area (Å²) in [7, 11) is 0. The Hall–Kier alpha value is -0.480. The minimum Gasteiger partial charge on any atom is -0.466 e. The Morgan fingerprint density at radius 2 is 2.42 bits per heavy atom. The third kappa shape index (κ3) is 2.87. The van der Waals surface area contributed by atoms with Crippen LogP contribution in [0.25, 0.3) is 0 Å².